The highest BCUT2D eigenvalue weighted by atomic mass is 16.2. The fourth-order valence-electron chi connectivity index (χ4n) is 2.07. The van der Waals surface area contributed by atoms with E-state index in [0.717, 1.165) is 18.5 Å². The van der Waals surface area contributed by atoms with Crippen LogP contribution < -0.4 is 5.32 Å². The number of anilines is 1. The van der Waals surface area contributed by atoms with Gasteiger partial charge in [0, 0.05) is 26.0 Å². The Morgan fingerprint density at radius 1 is 1.33 bits per heavy atom. The van der Waals surface area contributed by atoms with Crippen LogP contribution in [0.4, 0.5) is 5.82 Å². The first-order valence-corrected chi connectivity index (χ1v) is 5.83. The molecule has 2 aromatic rings. The minimum Gasteiger partial charge on any atom is -0.358 e. The topological polar surface area (TPSA) is 71.0 Å². The van der Waals surface area contributed by atoms with E-state index in [1.807, 2.05) is 19.2 Å². The Bertz CT molecular complexity index is 600. The molecule has 92 valence electrons. The normalized spacial score (nSPS) is 19.5. The van der Waals surface area contributed by atoms with E-state index < -0.39 is 0 Å². The summed E-state index contributed by atoms with van der Waals surface area (Å²) in [5.41, 5.74) is 1.33. The molecule has 1 aliphatic rings. The molecule has 3 heterocycles. The molecule has 6 nitrogen and oxygen atoms in total. The quantitative estimate of drug-likeness (QED) is 0.839. The highest BCUT2D eigenvalue weighted by molar-refractivity contribution is 5.86. The fourth-order valence-corrected chi connectivity index (χ4v) is 2.07. The van der Waals surface area contributed by atoms with Crippen molar-refractivity contribution in [3.05, 3.63) is 24.5 Å². The van der Waals surface area contributed by atoms with Gasteiger partial charge in [-0.2, -0.15) is 0 Å². The standard InChI is InChI=1S/C12H13N5O/c1-17-7-4-9(12(17)18)15-10-3-2-8-11(16-10)14-6-5-13-8/h2-3,5-6,9H,4,7H2,1H3,(H,14,15,16). The monoisotopic (exact) mass is 243 g/mol. The Kier molecular flexibility index (Phi) is 2.55. The van der Waals surface area contributed by atoms with Crippen molar-refractivity contribution in [1.29, 1.82) is 0 Å². The van der Waals surface area contributed by atoms with E-state index >= 15 is 0 Å². The molecule has 1 saturated heterocycles. The summed E-state index contributed by atoms with van der Waals surface area (Å²) in [5.74, 6) is 0.771. The van der Waals surface area contributed by atoms with E-state index in [9.17, 15) is 4.79 Å². The van der Waals surface area contributed by atoms with Gasteiger partial charge in [0.05, 0.1) is 0 Å². The second kappa shape index (κ2) is 4.21. The maximum atomic E-state index is 11.8. The summed E-state index contributed by atoms with van der Waals surface area (Å²) >= 11 is 0. The lowest BCUT2D eigenvalue weighted by Crippen LogP contribution is -2.31. The van der Waals surface area contributed by atoms with E-state index in [2.05, 4.69) is 20.3 Å². The van der Waals surface area contributed by atoms with Crippen molar-refractivity contribution in [2.75, 3.05) is 18.9 Å². The van der Waals surface area contributed by atoms with Gasteiger partial charge in [-0.15, -0.1) is 0 Å². The maximum Gasteiger partial charge on any atom is 0.244 e. The molecular formula is C12H13N5O. The lowest BCUT2D eigenvalue weighted by atomic mass is 10.2. The highest BCUT2D eigenvalue weighted by Crippen LogP contribution is 2.16. The van der Waals surface area contributed by atoms with E-state index in [1.54, 1.807) is 17.3 Å². The van der Waals surface area contributed by atoms with Gasteiger partial charge in [0.2, 0.25) is 5.91 Å². The van der Waals surface area contributed by atoms with Crippen LogP contribution in [0.2, 0.25) is 0 Å². The van der Waals surface area contributed by atoms with Gasteiger partial charge in [-0.1, -0.05) is 0 Å². The van der Waals surface area contributed by atoms with Crippen molar-refractivity contribution < 1.29 is 4.79 Å². The first kappa shape index (κ1) is 10.9. The smallest absolute Gasteiger partial charge is 0.244 e. The van der Waals surface area contributed by atoms with E-state index in [0.29, 0.717) is 11.5 Å². The van der Waals surface area contributed by atoms with Crippen LogP contribution in [0.5, 0.6) is 0 Å². The predicted octanol–water partition coefficient (Wildman–Crippen LogP) is 0.667. The van der Waals surface area contributed by atoms with Gasteiger partial charge in [-0.25, -0.2) is 9.97 Å². The Morgan fingerprint density at radius 2 is 2.17 bits per heavy atom. The Balaban J connectivity index is 1.85. The molecule has 1 amide bonds. The number of aromatic nitrogens is 3. The summed E-state index contributed by atoms with van der Waals surface area (Å²) in [4.78, 5) is 26.1. The number of hydrogen-bond donors (Lipinski definition) is 1. The largest absolute Gasteiger partial charge is 0.358 e. The van der Waals surface area contributed by atoms with Crippen molar-refractivity contribution in [3.63, 3.8) is 0 Å². The van der Waals surface area contributed by atoms with Crippen LogP contribution >= 0.6 is 0 Å². The van der Waals surface area contributed by atoms with E-state index in [-0.39, 0.29) is 11.9 Å². The van der Waals surface area contributed by atoms with Crippen molar-refractivity contribution in [2.24, 2.45) is 0 Å². The lowest BCUT2D eigenvalue weighted by Gasteiger charge is -2.12. The summed E-state index contributed by atoms with van der Waals surface area (Å²) in [6.07, 6.45) is 4.04. The number of likely N-dealkylation sites (tertiary alicyclic amines) is 1. The number of nitrogens with zero attached hydrogens (tertiary/aromatic N) is 4. The number of amides is 1. The Hall–Kier alpha value is -2.24. The number of hydrogen-bond acceptors (Lipinski definition) is 5. The molecule has 18 heavy (non-hydrogen) atoms. The fraction of sp³-hybridized carbons (Fsp3) is 0.333. The molecule has 1 unspecified atom stereocenters. The van der Waals surface area contributed by atoms with Crippen molar-refractivity contribution >= 4 is 22.9 Å². The van der Waals surface area contributed by atoms with Crippen LogP contribution in [-0.4, -0.2) is 45.4 Å². The molecule has 2 aromatic heterocycles. The molecule has 1 aliphatic heterocycles. The van der Waals surface area contributed by atoms with Crippen molar-refractivity contribution in [1.82, 2.24) is 19.9 Å². The number of pyridine rings is 1. The number of carbonyl (C=O) groups excluding carboxylic acids is 1. The molecule has 0 saturated carbocycles. The zero-order valence-corrected chi connectivity index (χ0v) is 10.00. The van der Waals surface area contributed by atoms with Crippen LogP contribution in [0, 0.1) is 0 Å². The van der Waals surface area contributed by atoms with Gasteiger partial charge in [-0.3, -0.25) is 9.78 Å². The molecule has 0 spiro atoms. The Labute approximate surface area is 104 Å². The van der Waals surface area contributed by atoms with Crippen LogP contribution in [0.15, 0.2) is 24.5 Å². The molecule has 0 aromatic carbocycles. The number of nitrogens with one attached hydrogen (secondary N) is 1. The summed E-state index contributed by atoms with van der Waals surface area (Å²) in [6.45, 7) is 0.782. The zero-order chi connectivity index (χ0) is 12.5. The molecule has 1 atom stereocenters. The second-order valence-corrected chi connectivity index (χ2v) is 4.34. The zero-order valence-electron chi connectivity index (χ0n) is 10.00. The molecule has 1 N–H and O–H groups in total. The third-order valence-corrected chi connectivity index (χ3v) is 3.08. The molecule has 6 heteroatoms. The summed E-state index contributed by atoms with van der Waals surface area (Å²) in [7, 11) is 1.81. The molecule has 0 bridgehead atoms. The minimum absolute atomic E-state index is 0.107. The summed E-state index contributed by atoms with van der Waals surface area (Å²) < 4.78 is 0. The number of rotatable bonds is 2. The van der Waals surface area contributed by atoms with Crippen LogP contribution in [0.25, 0.3) is 11.2 Å². The van der Waals surface area contributed by atoms with Crippen molar-refractivity contribution in [3.8, 4) is 0 Å². The summed E-state index contributed by atoms with van der Waals surface area (Å²) in [6, 6.07) is 3.49. The third-order valence-electron chi connectivity index (χ3n) is 3.08. The first-order chi connectivity index (χ1) is 8.74. The van der Waals surface area contributed by atoms with Gasteiger partial charge in [0.15, 0.2) is 5.65 Å². The highest BCUT2D eigenvalue weighted by Gasteiger charge is 2.28. The third kappa shape index (κ3) is 1.85. The average Bonchev–Trinajstić information content (AvgIpc) is 2.71. The number of carbonyl (C=O) groups is 1. The molecule has 1 fully saturated rings. The van der Waals surface area contributed by atoms with Crippen molar-refractivity contribution in [2.45, 2.75) is 12.5 Å². The molecule has 3 rings (SSSR count). The minimum atomic E-state index is -0.184. The van der Waals surface area contributed by atoms with E-state index in [4.69, 9.17) is 0 Å². The van der Waals surface area contributed by atoms with E-state index in [1.165, 1.54) is 0 Å². The first-order valence-electron chi connectivity index (χ1n) is 5.83. The average molecular weight is 243 g/mol. The molecular weight excluding hydrogens is 230 g/mol. The van der Waals surface area contributed by atoms with Gasteiger partial charge < -0.3 is 10.2 Å². The van der Waals surface area contributed by atoms with Crippen LogP contribution in [0.1, 0.15) is 6.42 Å². The second-order valence-electron chi connectivity index (χ2n) is 4.34. The maximum absolute atomic E-state index is 11.8. The number of fused-ring (bicyclic) bond motifs is 1. The lowest BCUT2D eigenvalue weighted by molar-refractivity contribution is -0.127. The predicted molar refractivity (Wildman–Crippen MR) is 67.0 cm³/mol. The van der Waals surface area contributed by atoms with Crippen LogP contribution in [0.3, 0.4) is 0 Å². The Morgan fingerprint density at radius 3 is 2.94 bits per heavy atom. The molecule has 0 radical (unpaired) electrons. The van der Waals surface area contributed by atoms with Gasteiger partial charge in [0.25, 0.3) is 0 Å². The van der Waals surface area contributed by atoms with Gasteiger partial charge in [-0.05, 0) is 18.6 Å². The molecule has 0 aliphatic carbocycles. The van der Waals surface area contributed by atoms with Crippen LogP contribution in [-0.2, 0) is 4.79 Å². The summed E-state index contributed by atoms with van der Waals surface area (Å²) in [5, 5.41) is 3.14. The SMILES string of the molecule is CN1CCC(Nc2ccc3nccnc3n2)C1=O. The van der Waals surface area contributed by atoms with Gasteiger partial charge >= 0.3 is 0 Å². The van der Waals surface area contributed by atoms with Gasteiger partial charge in [0.1, 0.15) is 17.4 Å². The number of likely N-dealkylation sites (N-methyl/N-ethyl adjacent to an activating group) is 1.